The minimum absolute atomic E-state index is 0.745. The predicted molar refractivity (Wildman–Crippen MR) is 70.2 cm³/mol. The summed E-state index contributed by atoms with van der Waals surface area (Å²) in [5.41, 5.74) is 1.94. The summed E-state index contributed by atoms with van der Waals surface area (Å²) in [5, 5.41) is 9.01. The first kappa shape index (κ1) is 11.4. The molecule has 2 aromatic rings. The quantitative estimate of drug-likeness (QED) is 0.552. The van der Waals surface area contributed by atoms with Crippen LogP contribution in [0.5, 0.6) is 0 Å². The van der Waals surface area contributed by atoms with Gasteiger partial charge in [0.1, 0.15) is 0 Å². The molecule has 0 radical (unpaired) electrons. The second-order valence-corrected chi connectivity index (χ2v) is 5.09. The first-order chi connectivity index (χ1) is 7.59. The molecule has 5 heteroatoms. The molecule has 0 saturated carbocycles. The van der Waals surface area contributed by atoms with Crippen molar-refractivity contribution in [1.82, 2.24) is 4.57 Å². The first-order valence-corrected chi connectivity index (χ1v) is 6.08. The van der Waals surface area contributed by atoms with Gasteiger partial charge in [-0.15, -0.1) is 5.10 Å². The van der Waals surface area contributed by atoms with Crippen LogP contribution in [-0.4, -0.2) is 10.3 Å². The molecular formula is C11H12ClN3S. The van der Waals surface area contributed by atoms with Crippen molar-refractivity contribution in [2.75, 3.05) is 0 Å². The topological polar surface area (TPSA) is 29.6 Å². The lowest BCUT2D eigenvalue weighted by atomic mass is 10.3. The van der Waals surface area contributed by atoms with E-state index in [0.717, 1.165) is 25.8 Å². The van der Waals surface area contributed by atoms with Crippen molar-refractivity contribution in [1.29, 1.82) is 0 Å². The van der Waals surface area contributed by atoms with Gasteiger partial charge in [0.25, 0.3) is 0 Å². The highest BCUT2D eigenvalue weighted by molar-refractivity contribution is 7.16. The van der Waals surface area contributed by atoms with Gasteiger partial charge < -0.3 is 4.57 Å². The van der Waals surface area contributed by atoms with Crippen molar-refractivity contribution in [2.24, 2.45) is 17.3 Å². The fraction of sp³-hybridized carbons (Fsp3) is 0.273. The van der Waals surface area contributed by atoms with Gasteiger partial charge in [0.15, 0.2) is 0 Å². The Kier molecular flexibility index (Phi) is 3.12. The molecule has 16 heavy (non-hydrogen) atoms. The summed E-state index contributed by atoms with van der Waals surface area (Å²) in [7, 11) is 1.95. The highest BCUT2D eigenvalue weighted by atomic mass is 35.5. The Labute approximate surface area is 103 Å². The van der Waals surface area contributed by atoms with Gasteiger partial charge in [-0.05, 0) is 26.0 Å². The third-order valence-electron chi connectivity index (χ3n) is 2.11. The minimum atomic E-state index is 0.745. The average molecular weight is 254 g/mol. The number of halogens is 1. The highest BCUT2D eigenvalue weighted by Crippen LogP contribution is 2.24. The maximum atomic E-state index is 6.15. The molecule has 1 aromatic heterocycles. The molecule has 1 heterocycles. The molecule has 0 unspecified atom stereocenters. The van der Waals surface area contributed by atoms with Gasteiger partial charge in [-0.25, -0.2) is 0 Å². The molecule has 0 aliphatic heterocycles. The van der Waals surface area contributed by atoms with Crippen LogP contribution in [0.3, 0.4) is 0 Å². The van der Waals surface area contributed by atoms with E-state index in [1.54, 1.807) is 11.3 Å². The second kappa shape index (κ2) is 4.39. The van der Waals surface area contributed by atoms with Crippen LogP contribution in [0, 0.1) is 0 Å². The summed E-state index contributed by atoms with van der Waals surface area (Å²) < 4.78 is 3.09. The van der Waals surface area contributed by atoms with E-state index < -0.39 is 0 Å². The van der Waals surface area contributed by atoms with E-state index in [1.165, 1.54) is 0 Å². The molecule has 0 spiro atoms. The molecular weight excluding hydrogens is 242 g/mol. The van der Waals surface area contributed by atoms with Crippen LogP contribution in [-0.2, 0) is 7.05 Å². The van der Waals surface area contributed by atoms with Gasteiger partial charge in [0.2, 0.25) is 4.80 Å². The Morgan fingerprint density at radius 2 is 2.12 bits per heavy atom. The van der Waals surface area contributed by atoms with Crippen molar-refractivity contribution in [3.05, 3.63) is 28.0 Å². The summed E-state index contributed by atoms with van der Waals surface area (Å²) in [6, 6.07) is 5.86. The summed E-state index contributed by atoms with van der Waals surface area (Å²) in [4.78, 5) is 0.851. The normalized spacial score (nSPS) is 12.1. The monoisotopic (exact) mass is 253 g/mol. The van der Waals surface area contributed by atoms with E-state index in [-0.39, 0.29) is 0 Å². The third-order valence-corrected chi connectivity index (χ3v) is 3.50. The van der Waals surface area contributed by atoms with Crippen molar-refractivity contribution in [2.45, 2.75) is 13.8 Å². The van der Waals surface area contributed by atoms with E-state index in [2.05, 4.69) is 10.2 Å². The number of aromatic nitrogens is 1. The SMILES string of the molecule is CC(C)=N/N=c1\sc2cccc(Cl)c2n1C. The minimum Gasteiger partial charge on any atom is -0.317 e. The Bertz CT molecular complexity index is 618. The lowest BCUT2D eigenvalue weighted by Crippen LogP contribution is -2.09. The second-order valence-electron chi connectivity index (χ2n) is 3.68. The number of fused-ring (bicyclic) bond motifs is 1. The van der Waals surface area contributed by atoms with Crippen LogP contribution in [0.1, 0.15) is 13.8 Å². The standard InChI is InChI=1S/C11H12ClN3S/c1-7(2)13-14-11-15(3)10-8(12)5-4-6-9(10)16-11/h4-6H,1-3H3/b14-11-. The van der Waals surface area contributed by atoms with Gasteiger partial charge in [-0.2, -0.15) is 5.10 Å². The zero-order valence-electron chi connectivity index (χ0n) is 9.36. The van der Waals surface area contributed by atoms with Gasteiger partial charge >= 0.3 is 0 Å². The Morgan fingerprint density at radius 1 is 1.38 bits per heavy atom. The average Bonchev–Trinajstić information content (AvgIpc) is 2.54. The van der Waals surface area contributed by atoms with Crippen molar-refractivity contribution >= 4 is 38.9 Å². The summed E-state index contributed by atoms with van der Waals surface area (Å²) in [5.74, 6) is 0. The maximum absolute atomic E-state index is 6.15. The fourth-order valence-electron chi connectivity index (χ4n) is 1.40. The van der Waals surface area contributed by atoms with Crippen LogP contribution in [0.2, 0.25) is 5.02 Å². The lowest BCUT2D eigenvalue weighted by molar-refractivity contribution is 0.888. The van der Waals surface area contributed by atoms with Crippen molar-refractivity contribution in [3.8, 4) is 0 Å². The number of aryl methyl sites for hydroxylation is 1. The zero-order chi connectivity index (χ0) is 11.7. The molecule has 0 saturated heterocycles. The molecule has 0 bridgehead atoms. The van der Waals surface area contributed by atoms with Crippen LogP contribution in [0.25, 0.3) is 10.2 Å². The third kappa shape index (κ3) is 2.03. The fourth-order valence-corrected chi connectivity index (χ4v) is 2.75. The number of para-hydroxylation sites is 1. The van der Waals surface area contributed by atoms with E-state index in [0.29, 0.717) is 0 Å². The zero-order valence-corrected chi connectivity index (χ0v) is 10.9. The number of rotatable bonds is 1. The molecule has 0 aliphatic carbocycles. The molecule has 84 valence electrons. The van der Waals surface area contributed by atoms with Crippen molar-refractivity contribution < 1.29 is 0 Å². The number of benzene rings is 1. The van der Waals surface area contributed by atoms with Crippen LogP contribution in [0.4, 0.5) is 0 Å². The highest BCUT2D eigenvalue weighted by Gasteiger charge is 2.05. The molecule has 0 aliphatic rings. The molecule has 0 N–H and O–H groups in total. The van der Waals surface area contributed by atoms with Crippen molar-refractivity contribution in [3.63, 3.8) is 0 Å². The number of hydrogen-bond donors (Lipinski definition) is 0. The van der Waals surface area contributed by atoms with Crippen LogP contribution < -0.4 is 4.80 Å². The molecule has 2 rings (SSSR count). The summed E-state index contributed by atoms with van der Waals surface area (Å²) in [6.07, 6.45) is 0. The van der Waals surface area contributed by atoms with E-state index in [9.17, 15) is 0 Å². The predicted octanol–water partition coefficient (Wildman–Crippen LogP) is 3.19. The van der Waals surface area contributed by atoms with Crippen LogP contribution in [0.15, 0.2) is 28.4 Å². The lowest BCUT2D eigenvalue weighted by Gasteiger charge is -1.96. The Hall–Kier alpha value is -1.13. The Morgan fingerprint density at radius 3 is 2.75 bits per heavy atom. The maximum Gasteiger partial charge on any atom is 0.211 e. The number of thiazole rings is 1. The summed E-state index contributed by atoms with van der Waals surface area (Å²) in [6.45, 7) is 3.84. The van der Waals surface area contributed by atoms with E-state index in [4.69, 9.17) is 11.6 Å². The molecule has 1 aromatic carbocycles. The number of nitrogens with zero attached hydrogens (tertiary/aromatic N) is 3. The molecule has 0 fully saturated rings. The molecule has 3 nitrogen and oxygen atoms in total. The molecule has 0 atom stereocenters. The van der Waals surface area contributed by atoms with Gasteiger partial charge in [0, 0.05) is 12.8 Å². The van der Waals surface area contributed by atoms with E-state index >= 15 is 0 Å². The molecule has 0 amide bonds. The van der Waals surface area contributed by atoms with Gasteiger partial charge in [0.05, 0.1) is 15.2 Å². The Balaban J connectivity index is 2.75. The smallest absolute Gasteiger partial charge is 0.211 e. The van der Waals surface area contributed by atoms with E-state index in [1.807, 2.05) is 43.7 Å². The summed E-state index contributed by atoms with van der Waals surface area (Å²) >= 11 is 7.73. The largest absolute Gasteiger partial charge is 0.317 e. The first-order valence-electron chi connectivity index (χ1n) is 4.88. The van der Waals surface area contributed by atoms with Gasteiger partial charge in [-0.3, -0.25) is 0 Å². The number of hydrogen-bond acceptors (Lipinski definition) is 3. The van der Waals surface area contributed by atoms with Gasteiger partial charge in [-0.1, -0.05) is 29.0 Å². The van der Waals surface area contributed by atoms with Crippen LogP contribution >= 0.6 is 22.9 Å².